The van der Waals surface area contributed by atoms with Gasteiger partial charge in [0.1, 0.15) is 5.82 Å². The molecule has 0 fully saturated rings. The summed E-state index contributed by atoms with van der Waals surface area (Å²) in [6.45, 7) is 0. The molecule has 0 radical (unpaired) electrons. The molecule has 0 aliphatic carbocycles. The summed E-state index contributed by atoms with van der Waals surface area (Å²) >= 11 is 0. The van der Waals surface area contributed by atoms with Crippen LogP contribution in [0.5, 0.6) is 0 Å². The fraction of sp³-hybridized carbons (Fsp3) is 0. The first-order valence-corrected chi connectivity index (χ1v) is 18.2. The molecule has 0 saturated heterocycles. The SMILES string of the molecule is c1ccc(-c2nc(-c3ccccc3)c3cc(-c4cccc(-n5c6ccccc6c6cc7c8ccccc8n(-c8ccccc8)c7cc65)n4)ccc3n2)cc1. The van der Waals surface area contributed by atoms with Crippen LogP contribution in [0.3, 0.4) is 0 Å². The van der Waals surface area contributed by atoms with E-state index in [9.17, 15) is 0 Å². The number of pyridine rings is 1. The Balaban J connectivity index is 1.12. The molecule has 0 saturated carbocycles. The second kappa shape index (κ2) is 12.1. The summed E-state index contributed by atoms with van der Waals surface area (Å²) < 4.78 is 4.69. The topological polar surface area (TPSA) is 48.5 Å². The summed E-state index contributed by atoms with van der Waals surface area (Å²) in [4.78, 5) is 15.5. The van der Waals surface area contributed by atoms with Crippen LogP contribution < -0.4 is 0 Å². The van der Waals surface area contributed by atoms with Crippen LogP contribution in [0.4, 0.5) is 0 Å². The molecule has 11 rings (SSSR count). The average molecular weight is 690 g/mol. The lowest BCUT2D eigenvalue weighted by molar-refractivity contribution is 1.08. The first-order chi connectivity index (χ1) is 26.8. The zero-order valence-electron chi connectivity index (χ0n) is 29.1. The lowest BCUT2D eigenvalue weighted by Gasteiger charge is -2.12. The zero-order valence-corrected chi connectivity index (χ0v) is 29.1. The molecule has 7 aromatic carbocycles. The summed E-state index contributed by atoms with van der Waals surface area (Å²) in [5.41, 5.74) is 11.4. The fourth-order valence-electron chi connectivity index (χ4n) is 8.06. The van der Waals surface area contributed by atoms with Crippen molar-refractivity contribution in [2.24, 2.45) is 0 Å². The number of fused-ring (bicyclic) bond motifs is 7. The second-order valence-corrected chi connectivity index (χ2v) is 13.7. The molecule has 0 N–H and O–H groups in total. The molecular weight excluding hydrogens is 659 g/mol. The van der Waals surface area contributed by atoms with Gasteiger partial charge < -0.3 is 4.57 Å². The van der Waals surface area contributed by atoms with E-state index in [0.717, 1.165) is 67.0 Å². The van der Waals surface area contributed by atoms with Crippen LogP contribution in [-0.4, -0.2) is 24.1 Å². The lowest BCUT2D eigenvalue weighted by Crippen LogP contribution is -1.99. The van der Waals surface area contributed by atoms with E-state index in [-0.39, 0.29) is 0 Å². The van der Waals surface area contributed by atoms with Crippen LogP contribution in [0.25, 0.3) is 99.9 Å². The smallest absolute Gasteiger partial charge is 0.160 e. The number of aromatic nitrogens is 5. The van der Waals surface area contributed by atoms with E-state index in [4.69, 9.17) is 15.0 Å². The van der Waals surface area contributed by atoms with E-state index < -0.39 is 0 Å². The normalized spacial score (nSPS) is 11.7. The van der Waals surface area contributed by atoms with E-state index in [2.05, 4.69) is 173 Å². The number of hydrogen-bond acceptors (Lipinski definition) is 3. The zero-order chi connectivity index (χ0) is 35.6. The van der Waals surface area contributed by atoms with E-state index in [1.54, 1.807) is 0 Å². The highest BCUT2D eigenvalue weighted by atomic mass is 15.1. The third-order valence-corrected chi connectivity index (χ3v) is 10.5. The van der Waals surface area contributed by atoms with Gasteiger partial charge in [-0.2, -0.15) is 0 Å². The van der Waals surface area contributed by atoms with Gasteiger partial charge in [0.05, 0.1) is 39.0 Å². The van der Waals surface area contributed by atoms with Crippen LogP contribution in [0, 0.1) is 0 Å². The molecule has 4 heterocycles. The molecule has 5 nitrogen and oxygen atoms in total. The molecule has 252 valence electrons. The maximum absolute atomic E-state index is 5.38. The van der Waals surface area contributed by atoms with Crippen molar-refractivity contribution in [1.29, 1.82) is 0 Å². The van der Waals surface area contributed by atoms with Crippen LogP contribution >= 0.6 is 0 Å². The minimum atomic E-state index is 0.710. The summed E-state index contributed by atoms with van der Waals surface area (Å²) in [5.74, 6) is 1.57. The molecule has 11 aromatic rings. The van der Waals surface area contributed by atoms with Crippen LogP contribution in [0.2, 0.25) is 0 Å². The molecule has 4 aromatic heterocycles. The van der Waals surface area contributed by atoms with Crippen molar-refractivity contribution in [2.75, 3.05) is 0 Å². The maximum Gasteiger partial charge on any atom is 0.160 e. The predicted molar refractivity (Wildman–Crippen MR) is 222 cm³/mol. The molecule has 0 amide bonds. The van der Waals surface area contributed by atoms with E-state index in [1.165, 1.54) is 27.1 Å². The highest BCUT2D eigenvalue weighted by molar-refractivity contribution is 6.19. The quantitative estimate of drug-likeness (QED) is 0.181. The predicted octanol–water partition coefficient (Wildman–Crippen LogP) is 12.2. The molecule has 0 bridgehead atoms. The number of benzene rings is 7. The molecular formula is C49H31N5. The number of hydrogen-bond donors (Lipinski definition) is 0. The summed E-state index contributed by atoms with van der Waals surface area (Å²) in [5, 5.41) is 5.85. The fourth-order valence-corrected chi connectivity index (χ4v) is 8.06. The van der Waals surface area contributed by atoms with Crippen molar-refractivity contribution in [3.63, 3.8) is 0 Å². The van der Waals surface area contributed by atoms with Gasteiger partial charge in [0, 0.05) is 49.3 Å². The Morgan fingerprint density at radius 2 is 0.944 bits per heavy atom. The van der Waals surface area contributed by atoms with Gasteiger partial charge >= 0.3 is 0 Å². The van der Waals surface area contributed by atoms with Gasteiger partial charge in [-0.3, -0.25) is 4.57 Å². The van der Waals surface area contributed by atoms with E-state index in [0.29, 0.717) is 5.82 Å². The van der Waals surface area contributed by atoms with Crippen molar-refractivity contribution < 1.29 is 0 Å². The summed E-state index contributed by atoms with van der Waals surface area (Å²) in [6.07, 6.45) is 0. The van der Waals surface area contributed by atoms with Crippen molar-refractivity contribution in [1.82, 2.24) is 24.1 Å². The third kappa shape index (κ3) is 4.76. The van der Waals surface area contributed by atoms with Gasteiger partial charge in [0.25, 0.3) is 0 Å². The Morgan fingerprint density at radius 3 is 1.67 bits per heavy atom. The van der Waals surface area contributed by atoms with Crippen molar-refractivity contribution in [3.05, 3.63) is 188 Å². The second-order valence-electron chi connectivity index (χ2n) is 13.7. The van der Waals surface area contributed by atoms with Gasteiger partial charge in [0.2, 0.25) is 0 Å². The van der Waals surface area contributed by atoms with E-state index >= 15 is 0 Å². The Morgan fingerprint density at radius 1 is 0.333 bits per heavy atom. The molecule has 5 heteroatoms. The monoisotopic (exact) mass is 689 g/mol. The number of para-hydroxylation sites is 3. The first-order valence-electron chi connectivity index (χ1n) is 18.2. The molecule has 0 aliphatic heterocycles. The Bertz CT molecular complexity index is 3200. The third-order valence-electron chi connectivity index (χ3n) is 10.5. The largest absolute Gasteiger partial charge is 0.309 e. The molecule has 54 heavy (non-hydrogen) atoms. The standard InChI is InChI=1S/C49H31N5/c1-4-15-32(16-5-1)48-40-29-34(27-28-42(40)51-49(52-48)33-17-6-2-7-18-33)41-23-14-26-47(50-41)54-44-25-13-11-22-37(44)39-30-38-36-21-10-12-24-43(36)53(45(38)31-46(39)54)35-19-8-3-9-20-35/h1-31H. The summed E-state index contributed by atoms with van der Waals surface area (Å²) in [7, 11) is 0. The first kappa shape index (κ1) is 30.3. The average Bonchev–Trinajstić information content (AvgIpc) is 3.75. The van der Waals surface area contributed by atoms with Crippen molar-refractivity contribution >= 4 is 54.5 Å². The molecule has 0 unspecified atom stereocenters. The Hall–Kier alpha value is -7.37. The Kier molecular flexibility index (Phi) is 6.79. The van der Waals surface area contributed by atoms with Crippen LogP contribution in [0.15, 0.2) is 188 Å². The van der Waals surface area contributed by atoms with Gasteiger partial charge in [-0.1, -0.05) is 127 Å². The summed E-state index contributed by atoms with van der Waals surface area (Å²) in [6, 6.07) is 65.9. The minimum absolute atomic E-state index is 0.710. The van der Waals surface area contributed by atoms with Crippen LogP contribution in [-0.2, 0) is 0 Å². The highest BCUT2D eigenvalue weighted by Crippen LogP contribution is 2.40. The Labute approximate surface area is 311 Å². The van der Waals surface area contributed by atoms with Gasteiger partial charge in [-0.15, -0.1) is 0 Å². The van der Waals surface area contributed by atoms with Gasteiger partial charge in [0.15, 0.2) is 5.82 Å². The van der Waals surface area contributed by atoms with Gasteiger partial charge in [-0.25, -0.2) is 15.0 Å². The van der Waals surface area contributed by atoms with Crippen molar-refractivity contribution in [3.8, 4) is 45.4 Å². The molecule has 0 atom stereocenters. The highest BCUT2D eigenvalue weighted by Gasteiger charge is 2.19. The van der Waals surface area contributed by atoms with Gasteiger partial charge in [-0.05, 0) is 60.7 Å². The van der Waals surface area contributed by atoms with Crippen LogP contribution in [0.1, 0.15) is 0 Å². The number of nitrogens with zero attached hydrogens (tertiary/aromatic N) is 5. The van der Waals surface area contributed by atoms with Crippen molar-refractivity contribution in [2.45, 2.75) is 0 Å². The molecule has 0 aliphatic rings. The van der Waals surface area contributed by atoms with E-state index in [1.807, 2.05) is 24.3 Å². The molecule has 0 spiro atoms. The minimum Gasteiger partial charge on any atom is -0.309 e. The number of rotatable bonds is 5. The maximum atomic E-state index is 5.38. The lowest BCUT2D eigenvalue weighted by atomic mass is 10.0.